The Balaban J connectivity index is 1.85. The van der Waals surface area contributed by atoms with Crippen LogP contribution >= 0.6 is 0 Å². The minimum Gasteiger partial charge on any atom is -0.489 e. The second-order valence-corrected chi connectivity index (χ2v) is 5.83. The van der Waals surface area contributed by atoms with Gasteiger partial charge in [0.1, 0.15) is 5.75 Å². The van der Waals surface area contributed by atoms with Crippen molar-refractivity contribution in [1.82, 2.24) is 0 Å². The first-order chi connectivity index (χ1) is 10.1. The number of nitrogens with one attached hydrogen (secondary N) is 1. The summed E-state index contributed by atoms with van der Waals surface area (Å²) in [6.45, 7) is 4.08. The van der Waals surface area contributed by atoms with Crippen molar-refractivity contribution in [2.75, 3.05) is 5.32 Å². The molecule has 0 spiro atoms. The number of fused-ring (bicyclic) bond motifs is 1. The highest BCUT2D eigenvalue weighted by molar-refractivity contribution is 5.58. The zero-order valence-electron chi connectivity index (χ0n) is 12.5. The second-order valence-electron chi connectivity index (χ2n) is 5.83. The number of ether oxygens (including phenoxy) is 1. The highest BCUT2D eigenvalue weighted by Gasteiger charge is 2.28. The minimum absolute atomic E-state index is 0.108. The number of rotatable bonds is 4. The van der Waals surface area contributed by atoms with Gasteiger partial charge in [-0.1, -0.05) is 36.4 Å². The molecule has 0 saturated heterocycles. The van der Waals surface area contributed by atoms with Crippen LogP contribution in [0.4, 0.5) is 5.69 Å². The molecule has 0 fully saturated rings. The largest absolute Gasteiger partial charge is 0.489 e. The Kier molecular flexibility index (Phi) is 3.84. The van der Waals surface area contributed by atoms with Gasteiger partial charge in [-0.2, -0.15) is 0 Å². The first-order valence-electron chi connectivity index (χ1n) is 7.52. The molecular formula is C18H22N2O. The summed E-state index contributed by atoms with van der Waals surface area (Å²) in [7, 11) is 0. The Labute approximate surface area is 126 Å². The summed E-state index contributed by atoms with van der Waals surface area (Å²) in [6, 6.07) is 16.8. The smallest absolute Gasteiger partial charge is 0.142 e. The topological polar surface area (TPSA) is 47.3 Å². The minimum atomic E-state index is 0.108. The van der Waals surface area contributed by atoms with Crippen molar-refractivity contribution in [2.24, 2.45) is 5.73 Å². The standard InChI is InChI=1S/C18H22N2O/c1-12(2)21-18-10-6-5-9-16(18)20-17-11-15(19)13-7-3-4-8-14(13)17/h3-10,12,15,17,20H,11,19H2,1-2H3. The van der Waals surface area contributed by atoms with Crippen molar-refractivity contribution in [1.29, 1.82) is 0 Å². The van der Waals surface area contributed by atoms with Gasteiger partial charge in [-0.25, -0.2) is 0 Å². The van der Waals surface area contributed by atoms with E-state index in [4.69, 9.17) is 10.5 Å². The predicted molar refractivity (Wildman–Crippen MR) is 86.6 cm³/mol. The molecule has 3 rings (SSSR count). The third kappa shape index (κ3) is 2.88. The van der Waals surface area contributed by atoms with Crippen LogP contribution in [0.15, 0.2) is 48.5 Å². The lowest BCUT2D eigenvalue weighted by molar-refractivity contribution is 0.243. The molecule has 0 aliphatic heterocycles. The maximum Gasteiger partial charge on any atom is 0.142 e. The van der Waals surface area contributed by atoms with Crippen LogP contribution in [0.2, 0.25) is 0 Å². The van der Waals surface area contributed by atoms with Gasteiger partial charge >= 0.3 is 0 Å². The third-order valence-electron chi connectivity index (χ3n) is 3.84. The summed E-state index contributed by atoms with van der Waals surface area (Å²) in [5, 5.41) is 3.60. The molecule has 2 unspecified atom stereocenters. The van der Waals surface area contributed by atoms with Crippen LogP contribution in [0.5, 0.6) is 5.75 Å². The van der Waals surface area contributed by atoms with Gasteiger partial charge in [0.05, 0.1) is 17.8 Å². The van der Waals surface area contributed by atoms with Crippen molar-refractivity contribution < 1.29 is 4.74 Å². The van der Waals surface area contributed by atoms with E-state index in [0.29, 0.717) is 0 Å². The van der Waals surface area contributed by atoms with E-state index in [0.717, 1.165) is 17.9 Å². The highest BCUT2D eigenvalue weighted by atomic mass is 16.5. The molecule has 1 aliphatic rings. The molecule has 3 N–H and O–H groups in total. The highest BCUT2D eigenvalue weighted by Crippen LogP contribution is 2.40. The Morgan fingerprint density at radius 2 is 1.71 bits per heavy atom. The summed E-state index contributed by atoms with van der Waals surface area (Å²) in [4.78, 5) is 0. The van der Waals surface area contributed by atoms with Crippen molar-refractivity contribution in [3.05, 3.63) is 59.7 Å². The van der Waals surface area contributed by atoms with E-state index in [1.54, 1.807) is 0 Å². The lowest BCUT2D eigenvalue weighted by Crippen LogP contribution is -2.12. The van der Waals surface area contributed by atoms with E-state index in [2.05, 4.69) is 35.6 Å². The number of benzene rings is 2. The van der Waals surface area contributed by atoms with Crippen LogP contribution in [0, 0.1) is 0 Å². The number of nitrogens with two attached hydrogens (primary N) is 1. The van der Waals surface area contributed by atoms with Crippen LogP contribution < -0.4 is 15.8 Å². The molecule has 0 amide bonds. The average Bonchev–Trinajstić information content (AvgIpc) is 2.78. The summed E-state index contributed by atoms with van der Waals surface area (Å²) in [6.07, 6.45) is 1.07. The van der Waals surface area contributed by atoms with Crippen molar-refractivity contribution in [2.45, 2.75) is 38.5 Å². The quantitative estimate of drug-likeness (QED) is 0.890. The molecule has 2 aromatic rings. The van der Waals surface area contributed by atoms with Crippen molar-refractivity contribution in [3.63, 3.8) is 0 Å². The molecule has 0 saturated carbocycles. The van der Waals surface area contributed by atoms with Crippen LogP contribution in [0.25, 0.3) is 0 Å². The fraction of sp³-hybridized carbons (Fsp3) is 0.333. The van der Waals surface area contributed by atoms with E-state index in [9.17, 15) is 0 Å². The lowest BCUT2D eigenvalue weighted by atomic mass is 10.1. The van der Waals surface area contributed by atoms with Crippen molar-refractivity contribution in [3.8, 4) is 5.75 Å². The van der Waals surface area contributed by atoms with Gasteiger partial charge in [0.15, 0.2) is 0 Å². The Morgan fingerprint density at radius 1 is 1.05 bits per heavy atom. The van der Waals surface area contributed by atoms with Crippen LogP contribution in [-0.2, 0) is 0 Å². The third-order valence-corrected chi connectivity index (χ3v) is 3.84. The maximum atomic E-state index is 6.24. The Morgan fingerprint density at radius 3 is 2.48 bits per heavy atom. The monoisotopic (exact) mass is 282 g/mol. The van der Waals surface area contributed by atoms with Crippen LogP contribution in [-0.4, -0.2) is 6.10 Å². The second kappa shape index (κ2) is 5.78. The summed E-state index contributed by atoms with van der Waals surface area (Å²) < 4.78 is 5.88. The zero-order chi connectivity index (χ0) is 14.8. The molecule has 2 atom stereocenters. The first-order valence-corrected chi connectivity index (χ1v) is 7.52. The van der Waals surface area contributed by atoms with Gasteiger partial charge in [0, 0.05) is 6.04 Å². The van der Waals surface area contributed by atoms with Gasteiger partial charge in [-0.3, -0.25) is 0 Å². The summed E-state index contributed by atoms with van der Waals surface area (Å²) >= 11 is 0. The van der Waals surface area contributed by atoms with Gasteiger partial charge in [-0.05, 0) is 43.5 Å². The molecular weight excluding hydrogens is 260 g/mol. The average molecular weight is 282 g/mol. The zero-order valence-corrected chi connectivity index (χ0v) is 12.5. The van der Waals surface area contributed by atoms with E-state index in [1.165, 1.54) is 11.1 Å². The normalized spacial score (nSPS) is 20.4. The first kappa shape index (κ1) is 14.0. The molecule has 0 radical (unpaired) electrons. The number of hydrogen-bond donors (Lipinski definition) is 2. The van der Waals surface area contributed by atoms with Gasteiger partial charge < -0.3 is 15.8 Å². The maximum absolute atomic E-state index is 6.24. The Hall–Kier alpha value is -2.00. The molecule has 2 aromatic carbocycles. The van der Waals surface area contributed by atoms with Gasteiger partial charge in [0.2, 0.25) is 0 Å². The van der Waals surface area contributed by atoms with E-state index >= 15 is 0 Å². The molecule has 3 heteroatoms. The van der Waals surface area contributed by atoms with Crippen molar-refractivity contribution >= 4 is 5.69 Å². The molecule has 0 bridgehead atoms. The molecule has 0 heterocycles. The molecule has 21 heavy (non-hydrogen) atoms. The summed E-state index contributed by atoms with van der Waals surface area (Å²) in [5.74, 6) is 0.894. The fourth-order valence-corrected chi connectivity index (χ4v) is 2.94. The summed E-state index contributed by atoms with van der Waals surface area (Å²) in [5.41, 5.74) is 9.81. The molecule has 3 nitrogen and oxygen atoms in total. The van der Waals surface area contributed by atoms with E-state index < -0.39 is 0 Å². The molecule has 110 valence electrons. The Bertz CT molecular complexity index is 624. The van der Waals surface area contributed by atoms with Gasteiger partial charge in [-0.15, -0.1) is 0 Å². The van der Waals surface area contributed by atoms with Crippen LogP contribution in [0.3, 0.4) is 0 Å². The number of para-hydroxylation sites is 2. The van der Waals surface area contributed by atoms with Gasteiger partial charge in [0.25, 0.3) is 0 Å². The molecule has 0 aromatic heterocycles. The van der Waals surface area contributed by atoms with E-state index in [1.807, 2.05) is 32.0 Å². The molecule has 1 aliphatic carbocycles. The number of hydrogen-bond acceptors (Lipinski definition) is 3. The lowest BCUT2D eigenvalue weighted by Gasteiger charge is -2.20. The van der Waals surface area contributed by atoms with Crippen LogP contribution in [0.1, 0.15) is 43.5 Å². The fourth-order valence-electron chi connectivity index (χ4n) is 2.94. The van der Waals surface area contributed by atoms with E-state index in [-0.39, 0.29) is 18.2 Å². The number of anilines is 1. The predicted octanol–water partition coefficient (Wildman–Crippen LogP) is 4.03. The SMILES string of the molecule is CC(C)Oc1ccccc1NC1CC(N)c2ccccc21.